The van der Waals surface area contributed by atoms with Crippen molar-refractivity contribution in [2.75, 3.05) is 11.9 Å². The van der Waals surface area contributed by atoms with Crippen LogP contribution in [0.15, 0.2) is 5.16 Å². The first-order valence-electron chi connectivity index (χ1n) is 9.78. The number of hydrogen-bond donors (Lipinski definition) is 1. The third kappa shape index (κ3) is 5.05. The Labute approximate surface area is 185 Å². The molecule has 3 rings (SSSR count). The van der Waals surface area contributed by atoms with Crippen LogP contribution in [0.3, 0.4) is 0 Å². The van der Waals surface area contributed by atoms with Crippen molar-refractivity contribution in [1.82, 2.24) is 14.8 Å². The van der Waals surface area contributed by atoms with Gasteiger partial charge in [-0.15, -0.1) is 21.5 Å². The lowest BCUT2D eigenvalue weighted by molar-refractivity contribution is -0.147. The molecule has 2 atom stereocenters. The van der Waals surface area contributed by atoms with Gasteiger partial charge < -0.3 is 14.6 Å². The highest BCUT2D eigenvalue weighted by Gasteiger charge is 2.38. The van der Waals surface area contributed by atoms with Crippen molar-refractivity contribution < 1.29 is 27.5 Å². The first kappa shape index (κ1) is 23.6. The second-order valence-corrected chi connectivity index (χ2v) is 9.80. The minimum absolute atomic E-state index is 0.0279. The van der Waals surface area contributed by atoms with Crippen LogP contribution in [-0.4, -0.2) is 38.5 Å². The highest BCUT2D eigenvalue weighted by atomic mass is 32.2. The second kappa shape index (κ2) is 9.19. The van der Waals surface area contributed by atoms with E-state index in [1.165, 1.54) is 18.4 Å². The van der Waals surface area contributed by atoms with Gasteiger partial charge in [-0.05, 0) is 44.6 Å². The first-order chi connectivity index (χ1) is 14.5. The lowest BCUT2D eigenvalue weighted by Gasteiger charge is -2.18. The SMILES string of the molecule is CCOC(=O)c1c(NC(=O)[C@@H](C)Sc2nnc(C(F)(F)F)n2C)sc2c1CC[C@H](C)C2. The number of alkyl halides is 3. The molecule has 170 valence electrons. The highest BCUT2D eigenvalue weighted by molar-refractivity contribution is 8.00. The number of halogens is 3. The number of anilines is 1. The molecule has 0 aliphatic heterocycles. The van der Waals surface area contributed by atoms with Crippen molar-refractivity contribution in [2.24, 2.45) is 13.0 Å². The summed E-state index contributed by atoms with van der Waals surface area (Å²) in [6.45, 7) is 5.63. The van der Waals surface area contributed by atoms with E-state index in [0.717, 1.165) is 46.0 Å². The molecule has 0 radical (unpaired) electrons. The van der Waals surface area contributed by atoms with Gasteiger partial charge in [-0.2, -0.15) is 13.2 Å². The largest absolute Gasteiger partial charge is 0.462 e. The molecule has 2 aromatic rings. The molecule has 31 heavy (non-hydrogen) atoms. The van der Waals surface area contributed by atoms with Gasteiger partial charge in [0, 0.05) is 11.9 Å². The van der Waals surface area contributed by atoms with Crippen LogP contribution in [0.1, 0.15) is 53.8 Å². The summed E-state index contributed by atoms with van der Waals surface area (Å²) in [4.78, 5) is 26.4. The summed E-state index contributed by atoms with van der Waals surface area (Å²) in [7, 11) is 1.20. The maximum Gasteiger partial charge on any atom is 0.451 e. The molecular weight excluding hydrogens is 453 g/mol. The predicted octanol–water partition coefficient (Wildman–Crippen LogP) is 4.32. The van der Waals surface area contributed by atoms with E-state index in [1.54, 1.807) is 13.8 Å². The third-order valence-electron chi connectivity index (χ3n) is 4.97. The van der Waals surface area contributed by atoms with E-state index in [2.05, 4.69) is 22.4 Å². The molecular formula is C19H23F3N4O3S2. The zero-order chi connectivity index (χ0) is 22.9. The summed E-state index contributed by atoms with van der Waals surface area (Å²) >= 11 is 2.22. The summed E-state index contributed by atoms with van der Waals surface area (Å²) in [6, 6.07) is 0. The van der Waals surface area contributed by atoms with E-state index in [4.69, 9.17) is 4.74 Å². The fourth-order valence-corrected chi connectivity index (χ4v) is 5.56. The summed E-state index contributed by atoms with van der Waals surface area (Å²) in [5, 5.41) is 9.12. The Kier molecular flexibility index (Phi) is 6.99. The Hall–Kier alpha value is -2.08. The number of fused-ring (bicyclic) bond motifs is 1. The van der Waals surface area contributed by atoms with Crippen molar-refractivity contribution in [1.29, 1.82) is 0 Å². The van der Waals surface area contributed by atoms with Gasteiger partial charge in [0.2, 0.25) is 11.7 Å². The average Bonchev–Trinajstić information content (AvgIpc) is 3.21. The molecule has 1 N–H and O–H groups in total. The van der Waals surface area contributed by atoms with Gasteiger partial charge in [0.05, 0.1) is 17.4 Å². The number of carbonyl (C=O) groups excluding carboxylic acids is 2. The molecule has 0 spiro atoms. The molecule has 7 nitrogen and oxygen atoms in total. The number of carbonyl (C=O) groups is 2. The third-order valence-corrected chi connectivity index (χ3v) is 7.27. The number of thioether (sulfide) groups is 1. The molecule has 0 bridgehead atoms. The van der Waals surface area contributed by atoms with Crippen molar-refractivity contribution >= 4 is 40.0 Å². The molecule has 1 aliphatic rings. The highest BCUT2D eigenvalue weighted by Crippen LogP contribution is 2.40. The summed E-state index contributed by atoms with van der Waals surface area (Å²) in [5.41, 5.74) is 1.30. The number of ether oxygens (including phenoxy) is 1. The topological polar surface area (TPSA) is 86.1 Å². The molecule has 0 saturated carbocycles. The fourth-order valence-electron chi connectivity index (χ4n) is 3.35. The maximum absolute atomic E-state index is 12.9. The normalized spacial score (nSPS) is 17.2. The lowest BCUT2D eigenvalue weighted by Crippen LogP contribution is -2.24. The van der Waals surface area contributed by atoms with Crippen LogP contribution in [0.5, 0.6) is 0 Å². The van der Waals surface area contributed by atoms with Crippen molar-refractivity contribution in [3.05, 3.63) is 21.8 Å². The summed E-state index contributed by atoms with van der Waals surface area (Å²) in [6.07, 6.45) is -2.12. The lowest BCUT2D eigenvalue weighted by atomic mass is 9.88. The number of aromatic nitrogens is 3. The quantitative estimate of drug-likeness (QED) is 0.494. The molecule has 1 aliphatic carbocycles. The van der Waals surface area contributed by atoms with Gasteiger partial charge >= 0.3 is 12.1 Å². The number of nitrogens with zero attached hydrogens (tertiary/aromatic N) is 3. The van der Waals surface area contributed by atoms with Crippen molar-refractivity contribution in [2.45, 2.75) is 56.6 Å². The van der Waals surface area contributed by atoms with E-state index >= 15 is 0 Å². The van der Waals surface area contributed by atoms with Crippen molar-refractivity contribution in [3.63, 3.8) is 0 Å². The molecule has 2 heterocycles. The number of amides is 1. The van der Waals surface area contributed by atoms with Gasteiger partial charge in [-0.3, -0.25) is 4.79 Å². The molecule has 2 aromatic heterocycles. The smallest absolute Gasteiger partial charge is 0.451 e. The number of nitrogens with one attached hydrogen (secondary N) is 1. The van der Waals surface area contributed by atoms with Gasteiger partial charge in [0.1, 0.15) is 5.00 Å². The molecule has 0 aromatic carbocycles. The number of thiophene rings is 1. The molecule has 12 heteroatoms. The fraction of sp³-hybridized carbons (Fsp3) is 0.579. The zero-order valence-electron chi connectivity index (χ0n) is 17.5. The van der Waals surface area contributed by atoms with Crippen LogP contribution in [0, 0.1) is 5.92 Å². The summed E-state index contributed by atoms with van der Waals surface area (Å²) in [5.74, 6) is -1.57. The van der Waals surface area contributed by atoms with Gasteiger partial charge in [0.25, 0.3) is 0 Å². The molecule has 0 unspecified atom stereocenters. The summed E-state index contributed by atoms with van der Waals surface area (Å²) < 4.78 is 44.7. The Bertz CT molecular complexity index is 987. The standard InChI is InChI=1S/C19H23F3N4O3S2/c1-5-29-16(28)13-11-7-6-9(2)8-12(11)31-15(13)23-14(27)10(3)30-18-25-24-17(26(18)4)19(20,21)22/h9-10H,5-8H2,1-4H3,(H,23,27)/t9-,10+/m0/s1. The van der Waals surface area contributed by atoms with Crippen molar-refractivity contribution in [3.8, 4) is 0 Å². The Morgan fingerprint density at radius 2 is 2.10 bits per heavy atom. The monoisotopic (exact) mass is 476 g/mol. The van der Waals surface area contributed by atoms with Crippen LogP contribution >= 0.6 is 23.1 Å². The van der Waals surface area contributed by atoms with E-state index in [-0.39, 0.29) is 11.8 Å². The zero-order valence-corrected chi connectivity index (χ0v) is 19.1. The predicted molar refractivity (Wildman–Crippen MR) is 111 cm³/mol. The Balaban J connectivity index is 1.80. The van der Waals surface area contributed by atoms with Gasteiger partial charge in [-0.25, -0.2) is 4.79 Å². The average molecular weight is 477 g/mol. The minimum Gasteiger partial charge on any atom is -0.462 e. The van der Waals surface area contributed by atoms with E-state index in [9.17, 15) is 22.8 Å². The molecule has 1 amide bonds. The van der Waals surface area contributed by atoms with Gasteiger partial charge in [-0.1, -0.05) is 18.7 Å². The number of esters is 1. The van der Waals surface area contributed by atoms with Gasteiger partial charge in [0.15, 0.2) is 5.16 Å². The van der Waals surface area contributed by atoms with Crippen LogP contribution < -0.4 is 5.32 Å². The minimum atomic E-state index is -4.63. The van der Waals surface area contributed by atoms with Crippen LogP contribution in [-0.2, 0) is 35.6 Å². The Morgan fingerprint density at radius 1 is 1.39 bits per heavy atom. The second-order valence-electron chi connectivity index (χ2n) is 7.39. The van der Waals surface area contributed by atoms with E-state index in [0.29, 0.717) is 16.5 Å². The maximum atomic E-state index is 12.9. The van der Waals surface area contributed by atoms with E-state index < -0.39 is 29.1 Å². The molecule has 0 saturated heterocycles. The van der Waals surface area contributed by atoms with Crippen LogP contribution in [0.25, 0.3) is 0 Å². The van der Waals surface area contributed by atoms with E-state index in [1.807, 2.05) is 0 Å². The van der Waals surface area contributed by atoms with Crippen LogP contribution in [0.4, 0.5) is 18.2 Å². The Morgan fingerprint density at radius 3 is 2.71 bits per heavy atom. The first-order valence-corrected chi connectivity index (χ1v) is 11.5. The molecule has 0 fully saturated rings. The number of hydrogen-bond acceptors (Lipinski definition) is 7. The number of rotatable bonds is 6. The van der Waals surface area contributed by atoms with Crippen LogP contribution in [0.2, 0.25) is 0 Å².